The number of amides is 1. The number of hydrogen-bond acceptors (Lipinski definition) is 5. The topological polar surface area (TPSA) is 73.1 Å². The number of ether oxygens (including phenoxy) is 1. The van der Waals surface area contributed by atoms with Crippen molar-refractivity contribution in [2.75, 3.05) is 19.7 Å². The molecule has 25 heavy (non-hydrogen) atoms. The Morgan fingerprint density at radius 2 is 1.92 bits per heavy atom. The summed E-state index contributed by atoms with van der Waals surface area (Å²) in [4.78, 5) is 23.5. The lowest BCUT2D eigenvalue weighted by atomic mass is 10.1. The average molecular weight is 343 g/mol. The SMILES string of the molecule is Cc1cc(C)nc(-n2nc(C)c(CC(=O)N3CCOC(C)C3)c2C)n1. The molecule has 1 aliphatic rings. The summed E-state index contributed by atoms with van der Waals surface area (Å²) >= 11 is 0. The Bertz CT molecular complexity index is 779. The number of rotatable bonds is 3. The van der Waals surface area contributed by atoms with Gasteiger partial charge in [0.2, 0.25) is 5.91 Å². The van der Waals surface area contributed by atoms with Crippen LogP contribution in [0.5, 0.6) is 0 Å². The van der Waals surface area contributed by atoms with Crippen LogP contribution < -0.4 is 0 Å². The fourth-order valence-corrected chi connectivity index (χ4v) is 3.24. The number of nitrogens with zero attached hydrogens (tertiary/aromatic N) is 5. The number of aryl methyl sites for hydroxylation is 3. The maximum atomic E-state index is 12.7. The molecule has 0 aliphatic carbocycles. The lowest BCUT2D eigenvalue weighted by Gasteiger charge is -2.31. The molecule has 7 heteroatoms. The summed E-state index contributed by atoms with van der Waals surface area (Å²) in [5, 5.41) is 4.57. The van der Waals surface area contributed by atoms with Gasteiger partial charge >= 0.3 is 0 Å². The van der Waals surface area contributed by atoms with Crippen LogP contribution in [0.1, 0.15) is 35.3 Å². The van der Waals surface area contributed by atoms with E-state index in [1.165, 1.54) is 0 Å². The lowest BCUT2D eigenvalue weighted by Crippen LogP contribution is -2.45. The molecule has 1 amide bonds. The second kappa shape index (κ2) is 6.92. The van der Waals surface area contributed by atoms with Crippen molar-refractivity contribution >= 4 is 5.91 Å². The van der Waals surface area contributed by atoms with Crippen LogP contribution in [0.3, 0.4) is 0 Å². The third kappa shape index (κ3) is 3.71. The fraction of sp³-hybridized carbons (Fsp3) is 0.556. The molecule has 134 valence electrons. The van der Waals surface area contributed by atoms with E-state index in [1.807, 2.05) is 45.6 Å². The lowest BCUT2D eigenvalue weighted by molar-refractivity contribution is -0.137. The maximum Gasteiger partial charge on any atom is 0.251 e. The zero-order valence-corrected chi connectivity index (χ0v) is 15.5. The van der Waals surface area contributed by atoms with E-state index in [1.54, 1.807) is 4.68 Å². The number of carbonyl (C=O) groups excluding carboxylic acids is 1. The smallest absolute Gasteiger partial charge is 0.251 e. The minimum absolute atomic E-state index is 0.0892. The minimum Gasteiger partial charge on any atom is -0.375 e. The monoisotopic (exact) mass is 343 g/mol. The van der Waals surface area contributed by atoms with E-state index >= 15 is 0 Å². The van der Waals surface area contributed by atoms with Gasteiger partial charge in [-0.15, -0.1) is 0 Å². The van der Waals surface area contributed by atoms with E-state index in [9.17, 15) is 4.79 Å². The Kier molecular flexibility index (Phi) is 4.85. The highest BCUT2D eigenvalue weighted by Gasteiger charge is 2.24. The summed E-state index contributed by atoms with van der Waals surface area (Å²) in [6.07, 6.45) is 0.432. The second-order valence-corrected chi connectivity index (χ2v) is 6.71. The van der Waals surface area contributed by atoms with E-state index in [0.717, 1.165) is 28.3 Å². The van der Waals surface area contributed by atoms with Crippen LogP contribution in [0.2, 0.25) is 0 Å². The van der Waals surface area contributed by atoms with Crippen LogP contribution in [-0.2, 0) is 16.0 Å². The van der Waals surface area contributed by atoms with E-state index in [-0.39, 0.29) is 12.0 Å². The number of morpholine rings is 1. The molecular formula is C18H25N5O2. The Balaban J connectivity index is 1.86. The molecular weight excluding hydrogens is 318 g/mol. The van der Waals surface area contributed by atoms with E-state index in [2.05, 4.69) is 15.1 Å². The Morgan fingerprint density at radius 1 is 1.24 bits per heavy atom. The zero-order valence-electron chi connectivity index (χ0n) is 15.5. The van der Waals surface area contributed by atoms with Crippen molar-refractivity contribution < 1.29 is 9.53 Å². The molecule has 0 spiro atoms. The minimum atomic E-state index is 0.0892. The van der Waals surface area contributed by atoms with Crippen LogP contribution in [0, 0.1) is 27.7 Å². The van der Waals surface area contributed by atoms with E-state index in [4.69, 9.17) is 4.74 Å². The molecule has 2 aromatic rings. The number of carbonyl (C=O) groups is 1. The van der Waals surface area contributed by atoms with Gasteiger partial charge in [0, 0.05) is 35.7 Å². The summed E-state index contributed by atoms with van der Waals surface area (Å²) < 4.78 is 7.25. The van der Waals surface area contributed by atoms with Gasteiger partial charge in [-0.3, -0.25) is 4.79 Å². The van der Waals surface area contributed by atoms with Gasteiger partial charge in [0.15, 0.2) is 0 Å². The van der Waals surface area contributed by atoms with Crippen LogP contribution in [0.25, 0.3) is 5.95 Å². The summed E-state index contributed by atoms with van der Waals surface area (Å²) in [5.41, 5.74) is 4.50. The predicted octanol–water partition coefficient (Wildman–Crippen LogP) is 1.69. The summed E-state index contributed by atoms with van der Waals surface area (Å²) in [7, 11) is 0. The van der Waals surface area contributed by atoms with Crippen molar-refractivity contribution in [2.24, 2.45) is 0 Å². The molecule has 0 aromatic carbocycles. The average Bonchev–Trinajstić information content (AvgIpc) is 2.82. The summed E-state index contributed by atoms with van der Waals surface area (Å²) in [6, 6.07) is 1.93. The predicted molar refractivity (Wildman–Crippen MR) is 93.8 cm³/mol. The first-order chi connectivity index (χ1) is 11.8. The van der Waals surface area contributed by atoms with Gasteiger partial charge in [-0.05, 0) is 40.7 Å². The van der Waals surface area contributed by atoms with Crippen molar-refractivity contribution in [2.45, 2.75) is 47.1 Å². The zero-order chi connectivity index (χ0) is 18.1. The standard InChI is InChI=1S/C18H25N5O2/c1-11-8-12(2)20-18(19-11)23-15(5)16(14(4)21-23)9-17(24)22-6-7-25-13(3)10-22/h8,13H,6-7,9-10H2,1-5H3. The molecule has 3 rings (SSSR count). The molecule has 3 heterocycles. The second-order valence-electron chi connectivity index (χ2n) is 6.71. The van der Waals surface area contributed by atoms with Crippen molar-refractivity contribution in [3.63, 3.8) is 0 Å². The van der Waals surface area contributed by atoms with Gasteiger partial charge in [-0.1, -0.05) is 0 Å². The highest BCUT2D eigenvalue weighted by Crippen LogP contribution is 2.18. The number of aromatic nitrogens is 4. The van der Waals surface area contributed by atoms with Crippen molar-refractivity contribution in [3.8, 4) is 5.95 Å². The highest BCUT2D eigenvalue weighted by molar-refractivity contribution is 5.79. The molecule has 2 aromatic heterocycles. The van der Waals surface area contributed by atoms with Gasteiger partial charge < -0.3 is 9.64 Å². The molecule has 0 N–H and O–H groups in total. The third-order valence-corrected chi connectivity index (χ3v) is 4.52. The van der Waals surface area contributed by atoms with Gasteiger partial charge in [0.05, 0.1) is 24.8 Å². The van der Waals surface area contributed by atoms with Gasteiger partial charge in [0.25, 0.3) is 5.95 Å². The van der Waals surface area contributed by atoms with Crippen LogP contribution in [-0.4, -0.2) is 56.4 Å². The highest BCUT2D eigenvalue weighted by atomic mass is 16.5. The quantitative estimate of drug-likeness (QED) is 0.848. The van der Waals surface area contributed by atoms with Gasteiger partial charge in [-0.25, -0.2) is 14.6 Å². The fourth-order valence-electron chi connectivity index (χ4n) is 3.24. The van der Waals surface area contributed by atoms with E-state index < -0.39 is 0 Å². The molecule has 1 atom stereocenters. The van der Waals surface area contributed by atoms with Gasteiger partial charge in [0.1, 0.15) is 0 Å². The van der Waals surface area contributed by atoms with Gasteiger partial charge in [-0.2, -0.15) is 5.10 Å². The third-order valence-electron chi connectivity index (χ3n) is 4.52. The summed E-state index contributed by atoms with van der Waals surface area (Å²) in [6.45, 7) is 11.6. The molecule has 0 bridgehead atoms. The molecule has 1 aliphatic heterocycles. The molecule has 7 nitrogen and oxygen atoms in total. The van der Waals surface area contributed by atoms with Crippen LogP contribution >= 0.6 is 0 Å². The van der Waals surface area contributed by atoms with Crippen molar-refractivity contribution in [1.29, 1.82) is 0 Å². The Hall–Kier alpha value is -2.28. The normalized spacial score (nSPS) is 17.8. The van der Waals surface area contributed by atoms with E-state index in [0.29, 0.717) is 32.1 Å². The molecule has 0 radical (unpaired) electrons. The first-order valence-corrected chi connectivity index (χ1v) is 8.62. The Labute approximate surface area is 148 Å². The van der Waals surface area contributed by atoms with Crippen molar-refractivity contribution in [3.05, 3.63) is 34.4 Å². The molecule has 1 fully saturated rings. The summed E-state index contributed by atoms with van der Waals surface area (Å²) in [5.74, 6) is 0.666. The molecule has 1 unspecified atom stereocenters. The largest absolute Gasteiger partial charge is 0.375 e. The van der Waals surface area contributed by atoms with Crippen molar-refractivity contribution in [1.82, 2.24) is 24.6 Å². The maximum absolute atomic E-state index is 12.7. The Morgan fingerprint density at radius 3 is 2.56 bits per heavy atom. The number of hydrogen-bond donors (Lipinski definition) is 0. The van der Waals surface area contributed by atoms with Crippen LogP contribution in [0.4, 0.5) is 0 Å². The first kappa shape index (κ1) is 17.5. The first-order valence-electron chi connectivity index (χ1n) is 8.62. The molecule has 0 saturated carbocycles. The molecule has 1 saturated heterocycles. The van der Waals surface area contributed by atoms with Crippen LogP contribution in [0.15, 0.2) is 6.07 Å².